The molecule has 2 heterocycles. The summed E-state index contributed by atoms with van der Waals surface area (Å²) >= 11 is 0. The van der Waals surface area contributed by atoms with E-state index in [-0.39, 0.29) is 18.7 Å². The first-order valence-electron chi connectivity index (χ1n) is 12.7. The number of hydrogen-bond acceptors (Lipinski definition) is 6. The van der Waals surface area contributed by atoms with Crippen molar-refractivity contribution in [1.29, 1.82) is 0 Å². The Hall–Kier alpha value is -3.52. The molecule has 0 bridgehead atoms. The molecule has 4 rings (SSSR count). The zero-order valence-corrected chi connectivity index (χ0v) is 21.5. The van der Waals surface area contributed by atoms with Crippen LogP contribution in [0.2, 0.25) is 0 Å². The zero-order chi connectivity index (χ0) is 25.7. The van der Waals surface area contributed by atoms with Crippen LogP contribution in [0.5, 0.6) is 5.75 Å². The summed E-state index contributed by atoms with van der Waals surface area (Å²) in [6.45, 7) is 11.6. The van der Waals surface area contributed by atoms with Gasteiger partial charge in [0.25, 0.3) is 0 Å². The van der Waals surface area contributed by atoms with Gasteiger partial charge in [0, 0.05) is 49.2 Å². The van der Waals surface area contributed by atoms with E-state index in [9.17, 15) is 9.59 Å². The van der Waals surface area contributed by atoms with Crippen molar-refractivity contribution in [2.45, 2.75) is 39.8 Å². The molecule has 2 atom stereocenters. The average molecular weight is 493 g/mol. The first-order chi connectivity index (χ1) is 17.4. The van der Waals surface area contributed by atoms with Crippen molar-refractivity contribution in [2.75, 3.05) is 44.3 Å². The van der Waals surface area contributed by atoms with Gasteiger partial charge in [0.1, 0.15) is 5.75 Å². The molecule has 2 unspecified atom stereocenters. The molecule has 2 aliphatic heterocycles. The molecule has 192 valence electrons. The summed E-state index contributed by atoms with van der Waals surface area (Å²) < 4.78 is 11.2. The minimum absolute atomic E-state index is 0.246. The standard InChI is InChI=1S/C28H36N4O4/c1-5-35-24-10-8-7-9-22(24)26-25(27(33)36-6-2)23(29-28(34)30-26)18-31-15-16-32(20(4)17-31)21-13-11-19(3)12-14-21/h7-14,20,26H,5-6,15-18H2,1-4H3,(H2,29,30,34). The van der Waals surface area contributed by atoms with Crippen LogP contribution in [0, 0.1) is 6.92 Å². The Balaban J connectivity index is 1.61. The Bertz CT molecular complexity index is 1110. The van der Waals surface area contributed by atoms with Crippen molar-refractivity contribution < 1.29 is 19.1 Å². The second-order valence-electron chi connectivity index (χ2n) is 9.23. The largest absolute Gasteiger partial charge is 0.494 e. The fourth-order valence-corrected chi connectivity index (χ4v) is 4.95. The second kappa shape index (κ2) is 11.5. The van der Waals surface area contributed by atoms with Crippen LogP contribution in [0.25, 0.3) is 0 Å². The molecule has 2 N–H and O–H groups in total. The number of ether oxygens (including phenoxy) is 2. The van der Waals surface area contributed by atoms with E-state index in [1.54, 1.807) is 6.92 Å². The predicted octanol–water partition coefficient (Wildman–Crippen LogP) is 3.78. The molecule has 2 aromatic carbocycles. The minimum atomic E-state index is -0.665. The third-order valence-electron chi connectivity index (χ3n) is 6.64. The van der Waals surface area contributed by atoms with Crippen molar-refractivity contribution in [3.63, 3.8) is 0 Å². The average Bonchev–Trinajstić information content (AvgIpc) is 2.85. The maximum atomic E-state index is 13.2. The van der Waals surface area contributed by atoms with Gasteiger partial charge in [-0.25, -0.2) is 9.59 Å². The van der Waals surface area contributed by atoms with Crippen molar-refractivity contribution in [2.24, 2.45) is 0 Å². The monoisotopic (exact) mass is 492 g/mol. The number of anilines is 1. The maximum absolute atomic E-state index is 13.2. The summed E-state index contributed by atoms with van der Waals surface area (Å²) in [6, 6.07) is 15.3. The number of nitrogens with one attached hydrogen (secondary N) is 2. The number of carbonyl (C=O) groups is 2. The van der Waals surface area contributed by atoms with Gasteiger partial charge in [-0.2, -0.15) is 0 Å². The Kier molecular flexibility index (Phi) is 8.15. The van der Waals surface area contributed by atoms with Gasteiger partial charge in [-0.1, -0.05) is 35.9 Å². The molecule has 0 radical (unpaired) electrons. The molecule has 1 saturated heterocycles. The smallest absolute Gasteiger partial charge is 0.338 e. The van der Waals surface area contributed by atoms with Gasteiger partial charge >= 0.3 is 12.0 Å². The molecule has 1 fully saturated rings. The fraction of sp³-hybridized carbons (Fsp3) is 0.429. The van der Waals surface area contributed by atoms with Gasteiger partial charge in [0.2, 0.25) is 0 Å². The van der Waals surface area contributed by atoms with Gasteiger partial charge in [-0.3, -0.25) is 4.90 Å². The molecule has 0 saturated carbocycles. The van der Waals surface area contributed by atoms with Crippen molar-refractivity contribution in [3.8, 4) is 5.75 Å². The van der Waals surface area contributed by atoms with Crippen molar-refractivity contribution in [1.82, 2.24) is 15.5 Å². The molecule has 8 heteroatoms. The highest BCUT2D eigenvalue weighted by Crippen LogP contribution is 2.34. The number of carbonyl (C=O) groups excluding carboxylic acids is 2. The van der Waals surface area contributed by atoms with Crippen LogP contribution in [-0.4, -0.2) is 62.3 Å². The number of piperazine rings is 1. The quantitative estimate of drug-likeness (QED) is 0.546. The molecular formula is C28H36N4O4. The molecule has 0 aliphatic carbocycles. The number of esters is 1. The van der Waals surface area contributed by atoms with E-state index < -0.39 is 12.0 Å². The van der Waals surface area contributed by atoms with E-state index in [4.69, 9.17) is 9.47 Å². The summed E-state index contributed by atoms with van der Waals surface area (Å²) in [6.07, 6.45) is 0. The number of para-hydroxylation sites is 1. The van der Waals surface area contributed by atoms with Crippen molar-refractivity contribution >= 4 is 17.7 Å². The molecule has 2 aromatic rings. The van der Waals surface area contributed by atoms with E-state index in [1.807, 2.05) is 31.2 Å². The Morgan fingerprint density at radius 2 is 1.81 bits per heavy atom. The maximum Gasteiger partial charge on any atom is 0.338 e. The SMILES string of the molecule is CCOC(=O)C1=C(CN2CCN(c3ccc(C)cc3)C(C)C2)NC(=O)NC1c1ccccc1OCC. The molecular weight excluding hydrogens is 456 g/mol. The first-order valence-corrected chi connectivity index (χ1v) is 12.7. The second-order valence-corrected chi connectivity index (χ2v) is 9.23. The normalized spacial score (nSPS) is 20.6. The van der Waals surface area contributed by atoms with E-state index in [0.717, 1.165) is 25.2 Å². The minimum Gasteiger partial charge on any atom is -0.494 e. The lowest BCUT2D eigenvalue weighted by molar-refractivity contribution is -0.139. The Morgan fingerprint density at radius 1 is 1.06 bits per heavy atom. The molecule has 2 aliphatic rings. The lowest BCUT2D eigenvalue weighted by atomic mass is 9.94. The first kappa shape index (κ1) is 25.6. The number of urea groups is 1. The predicted molar refractivity (Wildman–Crippen MR) is 140 cm³/mol. The van der Waals surface area contributed by atoms with Crippen LogP contribution < -0.4 is 20.3 Å². The number of nitrogens with zero attached hydrogens (tertiary/aromatic N) is 2. The van der Waals surface area contributed by atoms with E-state index in [0.29, 0.717) is 30.2 Å². The van der Waals surface area contributed by atoms with Crippen LogP contribution in [0.1, 0.15) is 37.9 Å². The number of aryl methyl sites for hydroxylation is 1. The number of hydrogen-bond donors (Lipinski definition) is 2. The number of benzene rings is 2. The third kappa shape index (κ3) is 5.65. The highest BCUT2D eigenvalue weighted by Gasteiger charge is 2.36. The lowest BCUT2D eigenvalue weighted by Gasteiger charge is -2.42. The van der Waals surface area contributed by atoms with Crippen LogP contribution in [-0.2, 0) is 9.53 Å². The highest BCUT2D eigenvalue weighted by molar-refractivity contribution is 5.95. The number of amides is 2. The zero-order valence-electron chi connectivity index (χ0n) is 21.5. The summed E-state index contributed by atoms with van der Waals surface area (Å²) in [7, 11) is 0. The van der Waals surface area contributed by atoms with Gasteiger partial charge in [-0.05, 0) is 45.9 Å². The van der Waals surface area contributed by atoms with Crippen LogP contribution in [0.4, 0.5) is 10.5 Å². The summed E-state index contributed by atoms with van der Waals surface area (Å²) in [4.78, 5) is 30.6. The topological polar surface area (TPSA) is 83.1 Å². The van der Waals surface area contributed by atoms with Crippen LogP contribution >= 0.6 is 0 Å². The Morgan fingerprint density at radius 3 is 2.50 bits per heavy atom. The van der Waals surface area contributed by atoms with E-state index >= 15 is 0 Å². The summed E-state index contributed by atoms with van der Waals surface area (Å²) in [5, 5.41) is 5.82. The third-order valence-corrected chi connectivity index (χ3v) is 6.64. The van der Waals surface area contributed by atoms with E-state index in [2.05, 4.69) is 58.5 Å². The van der Waals surface area contributed by atoms with E-state index in [1.165, 1.54) is 11.3 Å². The lowest BCUT2D eigenvalue weighted by Crippen LogP contribution is -2.54. The van der Waals surface area contributed by atoms with Crippen molar-refractivity contribution in [3.05, 3.63) is 70.9 Å². The summed E-state index contributed by atoms with van der Waals surface area (Å²) in [5.74, 6) is 0.191. The Labute approximate surface area is 213 Å². The highest BCUT2D eigenvalue weighted by atomic mass is 16.5. The van der Waals surface area contributed by atoms with Gasteiger partial charge in [0.05, 0.1) is 24.8 Å². The van der Waals surface area contributed by atoms with Gasteiger partial charge in [-0.15, -0.1) is 0 Å². The van der Waals surface area contributed by atoms with Gasteiger partial charge < -0.3 is 25.0 Å². The number of rotatable bonds is 8. The fourth-order valence-electron chi connectivity index (χ4n) is 4.95. The molecule has 36 heavy (non-hydrogen) atoms. The van der Waals surface area contributed by atoms with Gasteiger partial charge in [0.15, 0.2) is 0 Å². The molecule has 8 nitrogen and oxygen atoms in total. The molecule has 0 aromatic heterocycles. The molecule has 0 spiro atoms. The van der Waals surface area contributed by atoms with Crippen LogP contribution in [0.15, 0.2) is 59.8 Å². The molecule has 2 amide bonds. The summed E-state index contributed by atoms with van der Waals surface area (Å²) in [5.41, 5.74) is 4.17. The van der Waals surface area contributed by atoms with Crippen LogP contribution in [0.3, 0.4) is 0 Å².